The summed E-state index contributed by atoms with van der Waals surface area (Å²) in [6, 6.07) is 7.80. The number of hydrogen-bond donors (Lipinski definition) is 1. The Bertz CT molecular complexity index is 403. The van der Waals surface area contributed by atoms with Crippen molar-refractivity contribution in [1.29, 1.82) is 0 Å². The molecule has 1 aromatic carbocycles. The first kappa shape index (κ1) is 12.0. The van der Waals surface area contributed by atoms with Crippen LogP contribution in [0.5, 0.6) is 0 Å². The van der Waals surface area contributed by atoms with Crippen molar-refractivity contribution in [3.05, 3.63) is 35.4 Å². The van der Waals surface area contributed by atoms with Gasteiger partial charge in [0.25, 0.3) is 0 Å². The predicted octanol–water partition coefficient (Wildman–Crippen LogP) is 2.51. The van der Waals surface area contributed by atoms with E-state index in [0.29, 0.717) is 11.7 Å². The van der Waals surface area contributed by atoms with Crippen LogP contribution in [0.4, 0.5) is 0 Å². The van der Waals surface area contributed by atoms with Gasteiger partial charge in [-0.1, -0.05) is 0 Å². The maximum absolute atomic E-state index is 12.1. The summed E-state index contributed by atoms with van der Waals surface area (Å²) < 4.78 is 11.1. The molecule has 1 N–H and O–H groups in total. The van der Waals surface area contributed by atoms with E-state index in [2.05, 4.69) is 6.92 Å². The average Bonchev–Trinajstić information content (AvgIpc) is 2.53. The molecule has 2 nitrogen and oxygen atoms in total. The SMILES string of the molecule is CCCCCC1(O)c2ccccc2C[Se]1=O. The van der Waals surface area contributed by atoms with Crippen LogP contribution in [-0.2, 0) is 13.7 Å². The third-order valence-electron chi connectivity index (χ3n) is 3.22. The van der Waals surface area contributed by atoms with Crippen LogP contribution in [0.3, 0.4) is 0 Å². The Morgan fingerprint density at radius 3 is 2.88 bits per heavy atom. The fourth-order valence-corrected chi connectivity index (χ4v) is 5.61. The van der Waals surface area contributed by atoms with Crippen LogP contribution in [0.2, 0.25) is 0 Å². The van der Waals surface area contributed by atoms with Gasteiger partial charge in [-0.15, -0.1) is 0 Å². The van der Waals surface area contributed by atoms with Gasteiger partial charge in [0.15, 0.2) is 0 Å². The van der Waals surface area contributed by atoms with Crippen LogP contribution >= 0.6 is 0 Å². The predicted molar refractivity (Wildman–Crippen MR) is 64.6 cm³/mol. The standard InChI is InChI=1S/C13H18O2Se/c1-2-3-6-9-13(14)12-8-5-4-7-11(12)10-16(13)15/h4-5,7-8,14H,2-3,6,9-10H2,1H3. The van der Waals surface area contributed by atoms with E-state index in [0.717, 1.165) is 30.4 Å². The number of hydrogen-bond acceptors (Lipinski definition) is 2. The summed E-state index contributed by atoms with van der Waals surface area (Å²) in [6.07, 6.45) is 3.85. The third kappa shape index (κ3) is 2.00. The van der Waals surface area contributed by atoms with Crippen molar-refractivity contribution in [3.8, 4) is 0 Å². The van der Waals surface area contributed by atoms with Gasteiger partial charge in [-0.25, -0.2) is 0 Å². The Morgan fingerprint density at radius 1 is 1.38 bits per heavy atom. The molecule has 88 valence electrons. The minimum absolute atomic E-state index is 0.596. The molecular weight excluding hydrogens is 267 g/mol. The molecule has 0 saturated carbocycles. The van der Waals surface area contributed by atoms with Gasteiger partial charge in [0.1, 0.15) is 0 Å². The summed E-state index contributed by atoms with van der Waals surface area (Å²) in [5.41, 5.74) is 2.01. The first-order valence-corrected chi connectivity index (χ1v) is 8.64. The van der Waals surface area contributed by atoms with E-state index in [4.69, 9.17) is 0 Å². The van der Waals surface area contributed by atoms with Crippen LogP contribution in [-0.4, -0.2) is 18.9 Å². The van der Waals surface area contributed by atoms with Gasteiger partial charge >= 0.3 is 101 Å². The number of rotatable bonds is 4. The molecule has 1 heterocycles. The van der Waals surface area contributed by atoms with E-state index in [1.54, 1.807) is 0 Å². The van der Waals surface area contributed by atoms with Gasteiger partial charge in [0.2, 0.25) is 0 Å². The van der Waals surface area contributed by atoms with E-state index in [1.165, 1.54) is 0 Å². The zero-order valence-electron chi connectivity index (χ0n) is 9.61. The molecule has 0 amide bonds. The zero-order valence-corrected chi connectivity index (χ0v) is 11.3. The normalized spacial score (nSPS) is 28.0. The molecule has 0 spiro atoms. The van der Waals surface area contributed by atoms with Gasteiger partial charge in [0, 0.05) is 0 Å². The van der Waals surface area contributed by atoms with Gasteiger partial charge in [-0.2, -0.15) is 0 Å². The fourth-order valence-electron chi connectivity index (χ4n) is 2.27. The number of benzene rings is 1. The number of fused-ring (bicyclic) bond motifs is 1. The summed E-state index contributed by atoms with van der Waals surface area (Å²) in [5, 5.41) is 11.2. The first-order valence-electron chi connectivity index (χ1n) is 5.87. The summed E-state index contributed by atoms with van der Waals surface area (Å²) in [6.45, 7) is 2.14. The van der Waals surface area contributed by atoms with E-state index >= 15 is 0 Å². The molecule has 0 fully saturated rings. The van der Waals surface area contributed by atoms with Gasteiger partial charge < -0.3 is 0 Å². The van der Waals surface area contributed by atoms with Crippen LogP contribution < -0.4 is 0 Å². The topological polar surface area (TPSA) is 37.3 Å². The molecule has 2 rings (SSSR count). The van der Waals surface area contributed by atoms with E-state index in [-0.39, 0.29) is 0 Å². The maximum atomic E-state index is 12.1. The van der Waals surface area contributed by atoms with Crippen LogP contribution in [0.15, 0.2) is 24.3 Å². The second-order valence-corrected chi connectivity index (χ2v) is 7.86. The van der Waals surface area contributed by atoms with Crippen molar-refractivity contribution in [2.75, 3.05) is 0 Å². The molecule has 0 radical (unpaired) electrons. The Labute approximate surface area is 101 Å². The molecule has 1 aliphatic heterocycles. The van der Waals surface area contributed by atoms with Crippen LogP contribution in [0.25, 0.3) is 0 Å². The Morgan fingerprint density at radius 2 is 2.12 bits per heavy atom. The van der Waals surface area contributed by atoms with E-state index < -0.39 is 18.3 Å². The van der Waals surface area contributed by atoms with Gasteiger partial charge in [0.05, 0.1) is 0 Å². The molecular formula is C13H18O2Se. The summed E-state index contributed by atoms with van der Waals surface area (Å²) in [4.78, 5) is 0. The minimum atomic E-state index is -2.16. The summed E-state index contributed by atoms with van der Waals surface area (Å²) >= 11 is -2.16. The molecule has 2 atom stereocenters. The molecule has 0 bridgehead atoms. The molecule has 3 heteroatoms. The van der Waals surface area contributed by atoms with Crippen molar-refractivity contribution < 1.29 is 8.94 Å². The van der Waals surface area contributed by atoms with E-state index in [9.17, 15) is 8.94 Å². The summed E-state index contributed by atoms with van der Waals surface area (Å²) in [5.74, 6) is 0. The fraction of sp³-hybridized carbons (Fsp3) is 0.538. The third-order valence-corrected chi connectivity index (χ3v) is 6.89. The van der Waals surface area contributed by atoms with Crippen molar-refractivity contribution in [2.24, 2.45) is 0 Å². The Kier molecular flexibility index (Phi) is 3.58. The van der Waals surface area contributed by atoms with Crippen molar-refractivity contribution in [1.82, 2.24) is 0 Å². The monoisotopic (exact) mass is 286 g/mol. The van der Waals surface area contributed by atoms with E-state index in [1.807, 2.05) is 24.3 Å². The molecule has 16 heavy (non-hydrogen) atoms. The average molecular weight is 285 g/mol. The molecule has 1 aliphatic rings. The molecule has 0 aliphatic carbocycles. The quantitative estimate of drug-likeness (QED) is 0.682. The van der Waals surface area contributed by atoms with Gasteiger partial charge in [-0.05, 0) is 0 Å². The second-order valence-electron chi connectivity index (χ2n) is 4.39. The zero-order chi connectivity index (χ0) is 11.6. The Balaban J connectivity index is 2.23. The Hall–Kier alpha value is -0.501. The molecule has 2 unspecified atom stereocenters. The first-order chi connectivity index (χ1) is 7.68. The second kappa shape index (κ2) is 4.78. The van der Waals surface area contributed by atoms with Crippen molar-refractivity contribution in [2.45, 2.75) is 42.4 Å². The number of aliphatic hydroxyl groups is 1. The van der Waals surface area contributed by atoms with Crippen molar-refractivity contribution in [3.63, 3.8) is 0 Å². The molecule has 1 aromatic rings. The number of unbranched alkanes of at least 4 members (excludes halogenated alkanes) is 2. The summed E-state index contributed by atoms with van der Waals surface area (Å²) in [7, 11) is 0. The van der Waals surface area contributed by atoms with Crippen LogP contribution in [0, 0.1) is 0 Å². The van der Waals surface area contributed by atoms with Crippen molar-refractivity contribution >= 4 is 13.8 Å². The molecule has 0 aromatic heterocycles. The molecule has 0 saturated heterocycles. The van der Waals surface area contributed by atoms with Crippen LogP contribution in [0.1, 0.15) is 43.7 Å². The van der Waals surface area contributed by atoms with Gasteiger partial charge in [-0.3, -0.25) is 0 Å².